The van der Waals surface area contributed by atoms with E-state index in [0.717, 1.165) is 55.5 Å². The van der Waals surface area contributed by atoms with Crippen LogP contribution in [0.5, 0.6) is 0 Å². The summed E-state index contributed by atoms with van der Waals surface area (Å²) in [6.45, 7) is 0. The molecule has 2 nitrogen and oxygen atoms in total. The van der Waals surface area contributed by atoms with Gasteiger partial charge in [-0.25, -0.2) is 0 Å². The van der Waals surface area contributed by atoms with Gasteiger partial charge >= 0.3 is 0 Å². The minimum absolute atomic E-state index is 0.868. The Kier molecular flexibility index (Phi) is 7.53. The van der Waals surface area contributed by atoms with Crippen molar-refractivity contribution in [3.05, 3.63) is 212 Å². The zero-order valence-electron chi connectivity index (χ0n) is 30.6. The largest absolute Gasteiger partial charge is 0.455 e. The number of hydrogen-bond acceptors (Lipinski definition) is 2. The van der Waals surface area contributed by atoms with E-state index in [4.69, 9.17) is 4.42 Å². The van der Waals surface area contributed by atoms with E-state index in [2.05, 4.69) is 217 Å². The van der Waals surface area contributed by atoms with Crippen molar-refractivity contribution in [3.8, 4) is 33.4 Å². The summed E-state index contributed by atoms with van der Waals surface area (Å²) in [5.74, 6) is 0. The zero-order valence-corrected chi connectivity index (χ0v) is 30.6. The van der Waals surface area contributed by atoms with Gasteiger partial charge in [0.15, 0.2) is 0 Å². The zero-order chi connectivity index (χ0) is 37.0. The summed E-state index contributed by atoms with van der Waals surface area (Å²) in [6, 6.07) is 76.4. The number of benzene rings is 10. The molecule has 1 heterocycles. The summed E-state index contributed by atoms with van der Waals surface area (Å²) in [5, 5.41) is 9.35. The average molecular weight is 714 g/mol. The molecule has 0 aliphatic rings. The second kappa shape index (κ2) is 13.2. The van der Waals surface area contributed by atoms with Crippen LogP contribution in [0.3, 0.4) is 0 Å². The quantitative estimate of drug-likeness (QED) is 0.160. The predicted molar refractivity (Wildman–Crippen MR) is 237 cm³/mol. The van der Waals surface area contributed by atoms with E-state index in [1.54, 1.807) is 0 Å². The first-order valence-corrected chi connectivity index (χ1v) is 19.2. The third-order valence-corrected chi connectivity index (χ3v) is 11.3. The van der Waals surface area contributed by atoms with E-state index >= 15 is 0 Å². The molecule has 0 saturated heterocycles. The molecule has 0 fully saturated rings. The van der Waals surface area contributed by atoms with Crippen LogP contribution in [-0.2, 0) is 0 Å². The molecule has 0 radical (unpaired) electrons. The summed E-state index contributed by atoms with van der Waals surface area (Å²) >= 11 is 0. The molecule has 1 aromatic heterocycles. The Hall–Kier alpha value is -7.42. The van der Waals surface area contributed by atoms with Crippen LogP contribution in [0.25, 0.3) is 87.6 Å². The van der Waals surface area contributed by atoms with Crippen molar-refractivity contribution in [1.29, 1.82) is 0 Å². The normalized spacial score (nSPS) is 11.6. The monoisotopic (exact) mass is 713 g/mol. The molecule has 0 amide bonds. The number of nitrogens with zero attached hydrogens (tertiary/aromatic N) is 1. The second-order valence-electron chi connectivity index (χ2n) is 14.5. The third-order valence-electron chi connectivity index (χ3n) is 11.3. The lowest BCUT2D eigenvalue weighted by molar-refractivity contribution is 0.673. The molecule has 0 unspecified atom stereocenters. The van der Waals surface area contributed by atoms with Gasteiger partial charge in [-0.1, -0.05) is 176 Å². The molecule has 0 aliphatic carbocycles. The van der Waals surface area contributed by atoms with Gasteiger partial charge < -0.3 is 9.32 Å². The summed E-state index contributed by atoms with van der Waals surface area (Å²) in [7, 11) is 0. The number of fused-ring (bicyclic) bond motifs is 9. The van der Waals surface area contributed by atoms with Crippen LogP contribution in [-0.4, -0.2) is 0 Å². The van der Waals surface area contributed by atoms with E-state index in [0.29, 0.717) is 0 Å². The Morgan fingerprint density at radius 1 is 0.321 bits per heavy atom. The van der Waals surface area contributed by atoms with Crippen molar-refractivity contribution < 1.29 is 4.42 Å². The maximum Gasteiger partial charge on any atom is 0.143 e. The molecular weight excluding hydrogens is 679 g/mol. The summed E-state index contributed by atoms with van der Waals surface area (Å²) < 4.78 is 7.01. The highest BCUT2D eigenvalue weighted by Gasteiger charge is 2.24. The Morgan fingerprint density at radius 2 is 0.804 bits per heavy atom. The van der Waals surface area contributed by atoms with Crippen LogP contribution < -0.4 is 4.90 Å². The van der Waals surface area contributed by atoms with E-state index < -0.39 is 0 Å². The topological polar surface area (TPSA) is 16.4 Å². The Bertz CT molecular complexity index is 3130. The van der Waals surface area contributed by atoms with Crippen molar-refractivity contribution in [2.45, 2.75) is 0 Å². The molecule has 0 spiro atoms. The minimum Gasteiger partial charge on any atom is -0.455 e. The molecule has 0 N–H and O–H groups in total. The lowest BCUT2D eigenvalue weighted by atomic mass is 9.93. The SMILES string of the molecule is c1ccc(-c2ccc(N(c3ccc(-c4ccccc4)cc3)c3cc4c(cc3-c3cccc5ccccc35)oc3c5ccccc5c5ccccc5c43)cc2)cc1. The van der Waals surface area contributed by atoms with Crippen LogP contribution in [0.4, 0.5) is 17.1 Å². The highest BCUT2D eigenvalue weighted by Crippen LogP contribution is 2.49. The fourth-order valence-corrected chi connectivity index (χ4v) is 8.60. The van der Waals surface area contributed by atoms with Crippen LogP contribution in [0.1, 0.15) is 0 Å². The Balaban J connectivity index is 1.23. The maximum atomic E-state index is 7.01. The average Bonchev–Trinajstić information content (AvgIpc) is 3.66. The van der Waals surface area contributed by atoms with Crippen LogP contribution in [0.2, 0.25) is 0 Å². The van der Waals surface area contributed by atoms with Crippen LogP contribution >= 0.6 is 0 Å². The molecule has 262 valence electrons. The molecule has 10 aromatic carbocycles. The summed E-state index contributed by atoms with van der Waals surface area (Å²) in [5.41, 5.74) is 12.0. The van der Waals surface area contributed by atoms with Crippen molar-refractivity contribution in [1.82, 2.24) is 0 Å². The van der Waals surface area contributed by atoms with Gasteiger partial charge in [-0.2, -0.15) is 0 Å². The van der Waals surface area contributed by atoms with Crippen molar-refractivity contribution in [2.24, 2.45) is 0 Å². The second-order valence-corrected chi connectivity index (χ2v) is 14.5. The Labute approximate surface area is 325 Å². The molecule has 0 atom stereocenters. The molecule has 0 bridgehead atoms. The molecule has 11 aromatic rings. The van der Waals surface area contributed by atoms with Crippen molar-refractivity contribution >= 4 is 71.3 Å². The van der Waals surface area contributed by atoms with Gasteiger partial charge in [-0.05, 0) is 91.1 Å². The first-order valence-electron chi connectivity index (χ1n) is 19.2. The van der Waals surface area contributed by atoms with Crippen molar-refractivity contribution in [2.75, 3.05) is 4.90 Å². The third kappa shape index (κ3) is 5.26. The molecule has 2 heteroatoms. The first-order chi connectivity index (χ1) is 27.8. The summed E-state index contributed by atoms with van der Waals surface area (Å²) in [6.07, 6.45) is 0. The van der Waals surface area contributed by atoms with Gasteiger partial charge in [0.2, 0.25) is 0 Å². The van der Waals surface area contributed by atoms with E-state index in [1.165, 1.54) is 49.2 Å². The lowest BCUT2D eigenvalue weighted by Crippen LogP contribution is -2.11. The van der Waals surface area contributed by atoms with E-state index in [1.807, 2.05) is 0 Å². The van der Waals surface area contributed by atoms with E-state index in [-0.39, 0.29) is 0 Å². The molecular formula is C54H35NO. The van der Waals surface area contributed by atoms with Gasteiger partial charge in [-0.15, -0.1) is 0 Å². The smallest absolute Gasteiger partial charge is 0.143 e. The number of rotatable bonds is 6. The minimum atomic E-state index is 0.868. The molecule has 56 heavy (non-hydrogen) atoms. The van der Waals surface area contributed by atoms with Crippen LogP contribution in [0, 0.1) is 0 Å². The standard InChI is InChI=1S/C54H35NO/c1-3-14-36(15-4-1)38-26-30-41(31-27-38)55(42-32-28-39(29-33-42)37-16-5-2-6-17-37)51-34-50-52(35-49(51)44-25-13-19-40-18-7-8-20-43(40)44)56-54-48-24-12-10-22-46(48)45-21-9-11-23-47(45)53(50)54/h1-35H. The van der Waals surface area contributed by atoms with Crippen LogP contribution in [0.15, 0.2) is 217 Å². The predicted octanol–water partition coefficient (Wildman–Crippen LogP) is 15.5. The first kappa shape index (κ1) is 32.0. The molecule has 0 saturated carbocycles. The maximum absolute atomic E-state index is 7.01. The highest BCUT2D eigenvalue weighted by atomic mass is 16.3. The van der Waals surface area contributed by atoms with Gasteiger partial charge in [-0.3, -0.25) is 0 Å². The fourth-order valence-electron chi connectivity index (χ4n) is 8.60. The fraction of sp³-hybridized carbons (Fsp3) is 0. The van der Waals surface area contributed by atoms with Gasteiger partial charge in [0, 0.05) is 33.1 Å². The van der Waals surface area contributed by atoms with Gasteiger partial charge in [0.25, 0.3) is 0 Å². The lowest BCUT2D eigenvalue weighted by Gasteiger charge is -2.29. The van der Waals surface area contributed by atoms with E-state index in [9.17, 15) is 0 Å². The number of furan rings is 1. The van der Waals surface area contributed by atoms with Gasteiger partial charge in [0.1, 0.15) is 11.2 Å². The van der Waals surface area contributed by atoms with Crippen molar-refractivity contribution in [3.63, 3.8) is 0 Å². The number of anilines is 3. The molecule has 0 aliphatic heterocycles. The Morgan fingerprint density at radius 3 is 1.43 bits per heavy atom. The summed E-state index contributed by atoms with van der Waals surface area (Å²) in [4.78, 5) is 2.42. The highest BCUT2D eigenvalue weighted by molar-refractivity contribution is 6.30. The van der Waals surface area contributed by atoms with Gasteiger partial charge in [0.05, 0.1) is 5.69 Å². The molecule has 11 rings (SSSR count). The number of hydrogen-bond donors (Lipinski definition) is 0.